The first kappa shape index (κ1) is 7.32. The highest BCUT2D eigenvalue weighted by atomic mass is 16.8. The molecule has 0 aromatic rings. The maximum atomic E-state index is 5.69. The highest BCUT2D eigenvalue weighted by Crippen LogP contribution is 2.39. The number of hydrogen-bond donors (Lipinski definition) is 0. The number of fused-ring (bicyclic) bond motifs is 2. The van der Waals surface area contributed by atoms with E-state index in [1.807, 2.05) is 13.0 Å². The van der Waals surface area contributed by atoms with Crippen LogP contribution in [0.3, 0.4) is 0 Å². The lowest BCUT2D eigenvalue weighted by atomic mass is 10.0. The van der Waals surface area contributed by atoms with E-state index in [1.54, 1.807) is 0 Å². The van der Waals surface area contributed by atoms with Gasteiger partial charge < -0.3 is 9.47 Å². The fourth-order valence-electron chi connectivity index (χ4n) is 1.94. The van der Waals surface area contributed by atoms with Gasteiger partial charge in [-0.15, -0.1) is 6.58 Å². The molecule has 0 saturated carbocycles. The summed E-state index contributed by atoms with van der Waals surface area (Å²) < 4.78 is 11.4. The molecule has 2 heterocycles. The third-order valence-corrected chi connectivity index (χ3v) is 2.50. The minimum atomic E-state index is -0.304. The van der Waals surface area contributed by atoms with Crippen LogP contribution >= 0.6 is 0 Å². The predicted octanol–water partition coefficient (Wildman–Crippen LogP) is 1.86. The lowest BCUT2D eigenvalue weighted by molar-refractivity contribution is -0.176. The van der Waals surface area contributed by atoms with Crippen molar-refractivity contribution >= 4 is 0 Å². The summed E-state index contributed by atoms with van der Waals surface area (Å²) >= 11 is 0. The number of rotatable bonds is 1. The van der Waals surface area contributed by atoms with Crippen LogP contribution in [0.2, 0.25) is 0 Å². The average molecular weight is 154 g/mol. The van der Waals surface area contributed by atoms with E-state index in [-0.39, 0.29) is 18.0 Å². The van der Waals surface area contributed by atoms with Crippen LogP contribution in [-0.4, -0.2) is 18.0 Å². The van der Waals surface area contributed by atoms with E-state index < -0.39 is 0 Å². The monoisotopic (exact) mass is 154 g/mol. The Bertz CT molecular complexity index is 178. The molecule has 2 aliphatic heterocycles. The molecule has 2 bridgehead atoms. The van der Waals surface area contributed by atoms with E-state index in [1.165, 1.54) is 6.42 Å². The maximum absolute atomic E-state index is 5.69. The van der Waals surface area contributed by atoms with Crippen LogP contribution in [0.4, 0.5) is 0 Å². The molecule has 0 radical (unpaired) electrons. The van der Waals surface area contributed by atoms with Crippen LogP contribution in [-0.2, 0) is 9.47 Å². The average Bonchev–Trinajstić information content (AvgIpc) is 2.21. The molecular weight excluding hydrogens is 140 g/mol. The third-order valence-electron chi connectivity index (χ3n) is 2.50. The molecule has 0 amide bonds. The highest BCUT2D eigenvalue weighted by Gasteiger charge is 2.45. The highest BCUT2D eigenvalue weighted by molar-refractivity contribution is 4.96. The van der Waals surface area contributed by atoms with Crippen molar-refractivity contribution in [2.24, 2.45) is 0 Å². The molecule has 2 fully saturated rings. The van der Waals surface area contributed by atoms with E-state index in [0.29, 0.717) is 0 Å². The second-order valence-corrected chi connectivity index (χ2v) is 3.50. The summed E-state index contributed by atoms with van der Waals surface area (Å²) in [4.78, 5) is 0. The van der Waals surface area contributed by atoms with E-state index in [9.17, 15) is 0 Å². The van der Waals surface area contributed by atoms with Crippen molar-refractivity contribution in [3.63, 3.8) is 0 Å². The van der Waals surface area contributed by atoms with Crippen molar-refractivity contribution in [3.8, 4) is 0 Å². The molecule has 11 heavy (non-hydrogen) atoms. The standard InChI is InChI=1S/C9H14O2/c1-3-7-8-5-4-6-9(2,10-7)11-8/h3,7-8H,1,4-6H2,2H3/t7-,8+,9+/m1/s1. The molecule has 2 nitrogen and oxygen atoms in total. The van der Waals surface area contributed by atoms with Gasteiger partial charge in [-0.3, -0.25) is 0 Å². The van der Waals surface area contributed by atoms with Crippen molar-refractivity contribution < 1.29 is 9.47 Å². The topological polar surface area (TPSA) is 18.5 Å². The largest absolute Gasteiger partial charge is 0.344 e. The maximum Gasteiger partial charge on any atom is 0.166 e. The summed E-state index contributed by atoms with van der Waals surface area (Å²) in [5.41, 5.74) is 0. The van der Waals surface area contributed by atoms with Gasteiger partial charge in [-0.1, -0.05) is 6.08 Å². The van der Waals surface area contributed by atoms with E-state index in [2.05, 4.69) is 6.58 Å². The Hall–Kier alpha value is -0.340. The summed E-state index contributed by atoms with van der Waals surface area (Å²) in [7, 11) is 0. The van der Waals surface area contributed by atoms with Crippen LogP contribution in [0.5, 0.6) is 0 Å². The quantitative estimate of drug-likeness (QED) is 0.537. The summed E-state index contributed by atoms with van der Waals surface area (Å²) in [5.74, 6) is -0.304. The third kappa shape index (κ3) is 1.10. The molecule has 3 atom stereocenters. The van der Waals surface area contributed by atoms with Gasteiger partial charge in [-0.05, 0) is 19.8 Å². The lowest BCUT2D eigenvalue weighted by Gasteiger charge is -2.26. The Morgan fingerprint density at radius 1 is 1.55 bits per heavy atom. The molecule has 2 rings (SSSR count). The summed E-state index contributed by atoms with van der Waals surface area (Å²) in [6.07, 6.45) is 5.60. The summed E-state index contributed by atoms with van der Waals surface area (Å²) in [6, 6.07) is 0. The first-order chi connectivity index (χ1) is 5.23. The lowest BCUT2D eigenvalue weighted by Crippen LogP contribution is -2.30. The molecule has 0 aromatic heterocycles. The Morgan fingerprint density at radius 2 is 2.36 bits per heavy atom. The number of hydrogen-bond acceptors (Lipinski definition) is 2. The molecule has 0 unspecified atom stereocenters. The molecule has 2 saturated heterocycles. The molecule has 0 N–H and O–H groups in total. The van der Waals surface area contributed by atoms with Crippen molar-refractivity contribution in [1.82, 2.24) is 0 Å². The zero-order valence-corrected chi connectivity index (χ0v) is 6.88. The van der Waals surface area contributed by atoms with E-state index >= 15 is 0 Å². The van der Waals surface area contributed by atoms with Crippen molar-refractivity contribution in [2.45, 2.75) is 44.2 Å². The molecular formula is C9H14O2. The van der Waals surface area contributed by atoms with E-state index in [0.717, 1.165) is 12.8 Å². The first-order valence-electron chi connectivity index (χ1n) is 4.22. The molecule has 2 aliphatic rings. The van der Waals surface area contributed by atoms with Crippen LogP contribution in [0, 0.1) is 0 Å². The Kier molecular flexibility index (Phi) is 1.55. The van der Waals surface area contributed by atoms with Gasteiger partial charge >= 0.3 is 0 Å². The Labute approximate surface area is 67.2 Å². The van der Waals surface area contributed by atoms with Gasteiger partial charge in [0.05, 0.1) is 6.10 Å². The first-order valence-corrected chi connectivity index (χ1v) is 4.22. The number of ether oxygens (including phenoxy) is 2. The van der Waals surface area contributed by atoms with E-state index in [4.69, 9.17) is 9.47 Å². The smallest absolute Gasteiger partial charge is 0.166 e. The normalized spacial score (nSPS) is 49.2. The van der Waals surface area contributed by atoms with Crippen LogP contribution in [0.25, 0.3) is 0 Å². The van der Waals surface area contributed by atoms with Gasteiger partial charge in [0.15, 0.2) is 5.79 Å². The molecule has 0 aliphatic carbocycles. The Balaban J connectivity index is 2.16. The zero-order valence-electron chi connectivity index (χ0n) is 6.88. The van der Waals surface area contributed by atoms with Crippen molar-refractivity contribution in [3.05, 3.63) is 12.7 Å². The second-order valence-electron chi connectivity index (χ2n) is 3.50. The molecule has 0 spiro atoms. The fraction of sp³-hybridized carbons (Fsp3) is 0.778. The summed E-state index contributed by atoms with van der Waals surface area (Å²) in [6.45, 7) is 5.75. The minimum Gasteiger partial charge on any atom is -0.344 e. The zero-order chi connectivity index (χ0) is 7.90. The summed E-state index contributed by atoms with van der Waals surface area (Å²) in [5, 5.41) is 0. The molecule has 0 aromatic carbocycles. The van der Waals surface area contributed by atoms with Crippen molar-refractivity contribution in [1.29, 1.82) is 0 Å². The van der Waals surface area contributed by atoms with Crippen LogP contribution < -0.4 is 0 Å². The van der Waals surface area contributed by atoms with Crippen molar-refractivity contribution in [2.75, 3.05) is 0 Å². The predicted molar refractivity (Wildman–Crippen MR) is 42.2 cm³/mol. The Morgan fingerprint density at radius 3 is 3.00 bits per heavy atom. The van der Waals surface area contributed by atoms with Crippen LogP contribution in [0.15, 0.2) is 12.7 Å². The van der Waals surface area contributed by atoms with Gasteiger partial charge in [-0.25, -0.2) is 0 Å². The van der Waals surface area contributed by atoms with Gasteiger partial charge in [-0.2, -0.15) is 0 Å². The fourth-order valence-corrected chi connectivity index (χ4v) is 1.94. The van der Waals surface area contributed by atoms with Gasteiger partial charge in [0.2, 0.25) is 0 Å². The van der Waals surface area contributed by atoms with Gasteiger partial charge in [0.1, 0.15) is 6.10 Å². The SMILES string of the molecule is C=C[C@H]1O[C@]2(C)CCC[C@@H]1O2. The van der Waals surface area contributed by atoms with Gasteiger partial charge in [0, 0.05) is 6.42 Å². The van der Waals surface area contributed by atoms with Gasteiger partial charge in [0.25, 0.3) is 0 Å². The van der Waals surface area contributed by atoms with Crippen LogP contribution in [0.1, 0.15) is 26.2 Å². The molecule has 62 valence electrons. The molecule has 2 heteroatoms. The second kappa shape index (κ2) is 2.32. The minimum absolute atomic E-state index is 0.127.